The molecule has 138 valence electrons. The molecule has 0 radical (unpaired) electrons. The third kappa shape index (κ3) is 3.42. The molecule has 0 aromatic heterocycles. The van der Waals surface area contributed by atoms with E-state index < -0.39 is 8.56 Å². The molecule has 5 heteroatoms. The predicted molar refractivity (Wildman–Crippen MR) is 105 cm³/mol. The third-order valence-electron chi connectivity index (χ3n) is 5.10. The molecule has 25 heavy (non-hydrogen) atoms. The van der Waals surface area contributed by atoms with Gasteiger partial charge in [-0.3, -0.25) is 0 Å². The first-order chi connectivity index (χ1) is 11.5. The van der Waals surface area contributed by atoms with Crippen molar-refractivity contribution in [3.8, 4) is 0 Å². The third-order valence-corrected chi connectivity index (χ3v) is 10.5. The van der Waals surface area contributed by atoms with Gasteiger partial charge >= 0.3 is 8.56 Å². The molecule has 2 aliphatic rings. The molecule has 0 N–H and O–H groups in total. The maximum Gasteiger partial charge on any atom is 0.349 e. The highest BCUT2D eigenvalue weighted by Gasteiger charge is 2.62. The highest BCUT2D eigenvalue weighted by atomic mass is 35.5. The highest BCUT2D eigenvalue weighted by Crippen LogP contribution is 2.55. The Balaban J connectivity index is 1.83. The normalized spacial score (nSPS) is 26.4. The molecule has 0 unspecified atom stereocenters. The Morgan fingerprint density at radius 2 is 1.56 bits per heavy atom. The fourth-order valence-electron chi connectivity index (χ4n) is 4.09. The maximum atomic E-state index is 6.74. The Morgan fingerprint density at radius 1 is 0.960 bits per heavy atom. The van der Waals surface area contributed by atoms with Gasteiger partial charge in [-0.2, -0.15) is 0 Å². The topological polar surface area (TPSA) is 27.7 Å². The van der Waals surface area contributed by atoms with Gasteiger partial charge in [-0.15, -0.1) is 0 Å². The van der Waals surface area contributed by atoms with Crippen LogP contribution in [0, 0.1) is 0 Å². The van der Waals surface area contributed by atoms with E-state index >= 15 is 0 Å². The summed E-state index contributed by atoms with van der Waals surface area (Å²) in [4.78, 5) is 0. The summed E-state index contributed by atoms with van der Waals surface area (Å²) in [6.07, 6.45) is 3.00. The number of ether oxygens (including phenoxy) is 1. The number of rotatable bonds is 1. The second kappa shape index (κ2) is 6.41. The molecule has 0 bridgehead atoms. The largest absolute Gasteiger partial charge is 0.485 e. The van der Waals surface area contributed by atoms with Gasteiger partial charge in [0.05, 0.1) is 12.7 Å². The zero-order valence-electron chi connectivity index (χ0n) is 16.1. The molecule has 0 amide bonds. The minimum atomic E-state index is -2.43. The molecule has 0 aliphatic carbocycles. The summed E-state index contributed by atoms with van der Waals surface area (Å²) in [7, 11) is -2.43. The van der Waals surface area contributed by atoms with Crippen LogP contribution >= 0.6 is 11.6 Å². The lowest BCUT2D eigenvalue weighted by Gasteiger charge is -2.55. The molecule has 1 aromatic carbocycles. The van der Waals surface area contributed by atoms with Gasteiger partial charge in [-0.05, 0) is 36.8 Å². The van der Waals surface area contributed by atoms with E-state index in [0.717, 1.165) is 22.8 Å². The van der Waals surface area contributed by atoms with E-state index in [0.29, 0.717) is 6.61 Å². The Hall–Kier alpha value is -0.813. The smallest absolute Gasteiger partial charge is 0.349 e. The van der Waals surface area contributed by atoms with Gasteiger partial charge in [0.15, 0.2) is 0 Å². The van der Waals surface area contributed by atoms with E-state index in [1.54, 1.807) is 0 Å². The number of hydrogen-bond donors (Lipinski definition) is 0. The maximum absolute atomic E-state index is 6.74. The van der Waals surface area contributed by atoms with Crippen molar-refractivity contribution >= 4 is 25.9 Å². The van der Waals surface area contributed by atoms with Gasteiger partial charge in [-0.25, -0.2) is 0 Å². The zero-order chi connectivity index (χ0) is 18.5. The first-order valence-corrected chi connectivity index (χ1v) is 11.2. The quantitative estimate of drug-likeness (QED) is 0.565. The Labute approximate surface area is 157 Å². The van der Waals surface area contributed by atoms with Gasteiger partial charge in [-0.1, -0.05) is 53.1 Å². The van der Waals surface area contributed by atoms with Gasteiger partial charge in [0.2, 0.25) is 0 Å². The zero-order valence-corrected chi connectivity index (χ0v) is 17.8. The summed E-state index contributed by atoms with van der Waals surface area (Å²) in [6.45, 7) is 14.0. The van der Waals surface area contributed by atoms with Crippen LogP contribution in [-0.2, 0) is 13.6 Å². The molecular weight excluding hydrogens is 352 g/mol. The highest BCUT2D eigenvalue weighted by molar-refractivity contribution is 6.73. The molecule has 3 rings (SSSR count). The minimum absolute atomic E-state index is 0.00358. The van der Waals surface area contributed by atoms with Crippen molar-refractivity contribution in [2.45, 2.75) is 70.2 Å². The molecule has 1 saturated heterocycles. The second-order valence-corrected chi connectivity index (χ2v) is 14.2. The van der Waals surface area contributed by atoms with Crippen molar-refractivity contribution in [3.05, 3.63) is 40.9 Å². The van der Waals surface area contributed by atoms with E-state index in [1.807, 2.05) is 24.3 Å². The van der Waals surface area contributed by atoms with Crippen LogP contribution in [0.3, 0.4) is 0 Å². The average Bonchev–Trinajstić information content (AvgIpc) is 2.52. The molecule has 1 aromatic rings. The van der Waals surface area contributed by atoms with E-state index in [2.05, 4.69) is 47.6 Å². The van der Waals surface area contributed by atoms with Crippen LogP contribution in [0.15, 0.2) is 30.3 Å². The molecule has 2 aliphatic heterocycles. The van der Waals surface area contributed by atoms with E-state index in [-0.39, 0.29) is 22.3 Å². The van der Waals surface area contributed by atoms with Gasteiger partial charge in [0.1, 0.15) is 11.9 Å². The lowest BCUT2D eigenvalue weighted by molar-refractivity contribution is -0.0785. The van der Waals surface area contributed by atoms with Crippen molar-refractivity contribution in [2.75, 3.05) is 6.61 Å². The van der Waals surface area contributed by atoms with Crippen molar-refractivity contribution in [2.24, 2.45) is 0 Å². The Kier molecular flexibility index (Phi) is 4.86. The Morgan fingerprint density at radius 3 is 2.12 bits per heavy atom. The van der Waals surface area contributed by atoms with Crippen LogP contribution in [0.25, 0.3) is 5.76 Å². The van der Waals surface area contributed by atoms with Gasteiger partial charge in [0.25, 0.3) is 0 Å². The monoisotopic (exact) mass is 380 g/mol. The van der Waals surface area contributed by atoms with E-state index in [1.165, 1.54) is 0 Å². The summed E-state index contributed by atoms with van der Waals surface area (Å²) in [6, 6.07) is 7.75. The fraction of sp³-hybridized carbons (Fsp3) is 0.600. The van der Waals surface area contributed by atoms with Crippen molar-refractivity contribution in [1.82, 2.24) is 0 Å². The summed E-state index contributed by atoms with van der Waals surface area (Å²) in [5.41, 5.74) is 1.04. The fourth-order valence-corrected chi connectivity index (χ4v) is 9.18. The number of halogens is 1. The van der Waals surface area contributed by atoms with Gasteiger partial charge in [0, 0.05) is 20.7 Å². The first kappa shape index (κ1) is 19.0. The minimum Gasteiger partial charge on any atom is -0.485 e. The summed E-state index contributed by atoms with van der Waals surface area (Å²) >= 11 is 5.98. The second-order valence-electron chi connectivity index (χ2n) is 9.05. The summed E-state index contributed by atoms with van der Waals surface area (Å²) in [5, 5.41) is 0.723. The number of hydrogen-bond acceptors (Lipinski definition) is 3. The average molecular weight is 381 g/mol. The van der Waals surface area contributed by atoms with Crippen LogP contribution < -0.4 is 0 Å². The first-order valence-electron chi connectivity index (χ1n) is 8.98. The van der Waals surface area contributed by atoms with Crippen molar-refractivity contribution < 1.29 is 13.6 Å². The molecule has 0 saturated carbocycles. The number of fused-ring (bicyclic) bond motifs is 1. The Bertz CT molecular complexity index is 641. The molecule has 0 spiro atoms. The van der Waals surface area contributed by atoms with Crippen LogP contribution in [-0.4, -0.2) is 27.4 Å². The molecule has 3 nitrogen and oxygen atoms in total. The SMILES string of the molecule is CC(C)(C)[Si]1(C(C)(C)C)OC[C@H]2OC(c3ccc(Cl)cc3)=CC[C@@H]2O1. The lowest BCUT2D eigenvalue weighted by Crippen LogP contribution is -2.65. The van der Waals surface area contributed by atoms with Crippen LogP contribution in [0.4, 0.5) is 0 Å². The van der Waals surface area contributed by atoms with Gasteiger partial charge < -0.3 is 13.6 Å². The van der Waals surface area contributed by atoms with Crippen LogP contribution in [0.1, 0.15) is 53.5 Å². The standard InChI is InChI=1S/C20H29ClO3Si/c1-19(2,3)25(20(4,5)6)22-13-18-17(24-25)12-11-16(23-18)14-7-9-15(21)10-8-14/h7-11,17-18H,12-13H2,1-6H3/t17-,18+/m0/s1. The number of benzene rings is 1. The van der Waals surface area contributed by atoms with E-state index in [9.17, 15) is 0 Å². The van der Waals surface area contributed by atoms with Crippen molar-refractivity contribution in [1.29, 1.82) is 0 Å². The molecular formula is C20H29ClO3Si. The molecule has 2 heterocycles. The predicted octanol–water partition coefficient (Wildman–Crippen LogP) is 5.93. The summed E-state index contributed by atoms with van der Waals surface area (Å²) < 4.78 is 19.5. The summed E-state index contributed by atoms with van der Waals surface area (Å²) in [5.74, 6) is 0.894. The van der Waals surface area contributed by atoms with E-state index in [4.69, 9.17) is 25.2 Å². The van der Waals surface area contributed by atoms with Crippen molar-refractivity contribution in [3.63, 3.8) is 0 Å². The van der Waals surface area contributed by atoms with Crippen LogP contribution in [0.5, 0.6) is 0 Å². The molecule has 1 fully saturated rings. The molecule has 2 atom stereocenters. The lowest BCUT2D eigenvalue weighted by atomic mass is 10.0. The van der Waals surface area contributed by atoms with Crippen LogP contribution in [0.2, 0.25) is 15.1 Å².